The molecule has 0 aromatic heterocycles. The van der Waals surface area contributed by atoms with Crippen LogP contribution in [0, 0.1) is 0 Å². The zero-order chi connectivity index (χ0) is 8.85. The van der Waals surface area contributed by atoms with Gasteiger partial charge in [-0.25, -0.2) is 0 Å². The average Bonchev–Trinajstić information content (AvgIpc) is 1.98. The first-order valence-corrected chi connectivity index (χ1v) is 3.20. The number of allylic oxidation sites excluding steroid dienone is 1. The zero-order valence-corrected chi connectivity index (χ0v) is 6.55. The number of carboxylic acids is 1. The van der Waals surface area contributed by atoms with Crippen LogP contribution in [0.1, 0.15) is 13.8 Å². The van der Waals surface area contributed by atoms with Crippen molar-refractivity contribution in [2.75, 3.05) is 6.54 Å². The third-order valence-electron chi connectivity index (χ3n) is 1.19. The van der Waals surface area contributed by atoms with Crippen LogP contribution in [0.15, 0.2) is 11.6 Å². The van der Waals surface area contributed by atoms with E-state index in [1.807, 2.05) is 0 Å². The molecule has 0 aliphatic carbocycles. The Balaban J connectivity index is 3.80. The number of amides is 1. The number of rotatable bonds is 3. The first kappa shape index (κ1) is 9.68. The highest BCUT2D eigenvalue weighted by Gasteiger charge is 2.03. The molecule has 0 atom stereocenters. The summed E-state index contributed by atoms with van der Waals surface area (Å²) in [7, 11) is 0. The minimum Gasteiger partial charge on any atom is -0.480 e. The summed E-state index contributed by atoms with van der Waals surface area (Å²) in [5, 5.41) is 10.4. The van der Waals surface area contributed by atoms with Gasteiger partial charge in [-0.1, -0.05) is 6.08 Å². The lowest BCUT2D eigenvalue weighted by Crippen LogP contribution is -2.29. The Morgan fingerprint density at radius 1 is 1.55 bits per heavy atom. The molecule has 0 fully saturated rings. The summed E-state index contributed by atoms with van der Waals surface area (Å²) in [4.78, 5) is 20.8. The molecule has 62 valence electrons. The van der Waals surface area contributed by atoms with Crippen LogP contribution in [0.3, 0.4) is 0 Å². The van der Waals surface area contributed by atoms with Crippen molar-refractivity contribution in [3.05, 3.63) is 11.6 Å². The van der Waals surface area contributed by atoms with Crippen LogP contribution in [0.2, 0.25) is 0 Å². The van der Waals surface area contributed by atoms with Crippen LogP contribution >= 0.6 is 0 Å². The fraction of sp³-hybridized carbons (Fsp3) is 0.429. The van der Waals surface area contributed by atoms with Gasteiger partial charge in [0.05, 0.1) is 0 Å². The van der Waals surface area contributed by atoms with Crippen LogP contribution in [0.5, 0.6) is 0 Å². The molecule has 2 N–H and O–H groups in total. The monoisotopic (exact) mass is 157 g/mol. The van der Waals surface area contributed by atoms with Gasteiger partial charge in [0, 0.05) is 5.57 Å². The molecule has 0 saturated heterocycles. The van der Waals surface area contributed by atoms with Gasteiger partial charge in [0.1, 0.15) is 6.54 Å². The van der Waals surface area contributed by atoms with Gasteiger partial charge in [0.15, 0.2) is 0 Å². The highest BCUT2D eigenvalue weighted by atomic mass is 16.4. The summed E-state index contributed by atoms with van der Waals surface area (Å²) in [5.41, 5.74) is 0.520. The maximum absolute atomic E-state index is 10.8. The largest absolute Gasteiger partial charge is 0.480 e. The maximum Gasteiger partial charge on any atom is 0.322 e. The predicted octanol–water partition coefficient (Wildman–Crippen LogP) is 0.153. The van der Waals surface area contributed by atoms with E-state index in [9.17, 15) is 9.59 Å². The summed E-state index contributed by atoms with van der Waals surface area (Å²) in [6.45, 7) is 3.01. The Morgan fingerprint density at radius 3 is 2.45 bits per heavy atom. The summed E-state index contributed by atoms with van der Waals surface area (Å²) in [6, 6.07) is 0. The molecule has 0 aliphatic heterocycles. The molecule has 0 spiro atoms. The molecular weight excluding hydrogens is 146 g/mol. The molecule has 1 amide bonds. The number of aliphatic carboxylic acids is 1. The van der Waals surface area contributed by atoms with E-state index in [0.29, 0.717) is 5.57 Å². The zero-order valence-electron chi connectivity index (χ0n) is 6.55. The van der Waals surface area contributed by atoms with Crippen LogP contribution in [-0.4, -0.2) is 23.5 Å². The molecule has 4 heteroatoms. The van der Waals surface area contributed by atoms with E-state index in [4.69, 9.17) is 5.11 Å². The SMILES string of the molecule is C/C=C(\C)C(=O)NCC(=O)O. The Labute approximate surface area is 64.9 Å². The highest BCUT2D eigenvalue weighted by molar-refractivity contribution is 5.94. The quantitative estimate of drug-likeness (QED) is 0.573. The number of nitrogens with one attached hydrogen (secondary N) is 1. The van der Waals surface area contributed by atoms with Crippen molar-refractivity contribution in [1.82, 2.24) is 5.32 Å². The minimum absolute atomic E-state index is 0.329. The Kier molecular flexibility index (Phi) is 3.95. The Morgan fingerprint density at radius 2 is 2.09 bits per heavy atom. The van der Waals surface area contributed by atoms with Crippen LogP contribution in [-0.2, 0) is 9.59 Å². The normalized spacial score (nSPS) is 10.9. The van der Waals surface area contributed by atoms with Crippen molar-refractivity contribution in [3.63, 3.8) is 0 Å². The van der Waals surface area contributed by atoms with Gasteiger partial charge < -0.3 is 10.4 Å². The predicted molar refractivity (Wildman–Crippen MR) is 40.1 cm³/mol. The highest BCUT2D eigenvalue weighted by Crippen LogP contribution is 1.89. The first-order valence-electron chi connectivity index (χ1n) is 3.20. The minimum atomic E-state index is -1.04. The van der Waals surface area contributed by atoms with Crippen LogP contribution < -0.4 is 5.32 Å². The van der Waals surface area contributed by atoms with E-state index in [-0.39, 0.29) is 12.5 Å². The van der Waals surface area contributed by atoms with Crippen molar-refractivity contribution < 1.29 is 14.7 Å². The number of carbonyl (C=O) groups excluding carboxylic acids is 1. The molecule has 0 unspecified atom stereocenters. The summed E-state index contributed by atoms with van der Waals surface area (Å²) >= 11 is 0. The van der Waals surface area contributed by atoms with E-state index in [0.717, 1.165) is 0 Å². The topological polar surface area (TPSA) is 66.4 Å². The first-order chi connectivity index (χ1) is 5.07. The van der Waals surface area contributed by atoms with Gasteiger partial charge in [-0.05, 0) is 13.8 Å². The average molecular weight is 157 g/mol. The molecular formula is C7H11NO3. The number of hydrogen-bond donors (Lipinski definition) is 2. The molecule has 0 bridgehead atoms. The molecule has 4 nitrogen and oxygen atoms in total. The second-order valence-electron chi connectivity index (χ2n) is 2.05. The van der Waals surface area contributed by atoms with Gasteiger partial charge in [-0.15, -0.1) is 0 Å². The summed E-state index contributed by atoms with van der Waals surface area (Å²) in [5.74, 6) is -1.38. The Bertz CT molecular complexity index is 196. The molecule has 0 saturated carbocycles. The fourth-order valence-electron chi connectivity index (χ4n) is 0.426. The Hall–Kier alpha value is -1.32. The molecule has 11 heavy (non-hydrogen) atoms. The number of carbonyl (C=O) groups is 2. The van der Waals surface area contributed by atoms with Crippen LogP contribution in [0.4, 0.5) is 0 Å². The fourth-order valence-corrected chi connectivity index (χ4v) is 0.426. The van der Waals surface area contributed by atoms with Gasteiger partial charge in [-0.2, -0.15) is 0 Å². The molecule has 0 aliphatic rings. The standard InChI is InChI=1S/C7H11NO3/c1-3-5(2)7(11)8-4-6(9)10/h3H,4H2,1-2H3,(H,8,11)(H,9,10)/b5-3+. The second kappa shape index (κ2) is 4.49. The van der Waals surface area contributed by atoms with E-state index < -0.39 is 5.97 Å². The lowest BCUT2D eigenvalue weighted by Gasteiger charge is -1.99. The van der Waals surface area contributed by atoms with Crippen molar-refractivity contribution >= 4 is 11.9 Å². The lowest BCUT2D eigenvalue weighted by molar-refractivity contribution is -0.137. The van der Waals surface area contributed by atoms with Gasteiger partial charge in [0.2, 0.25) is 5.91 Å². The third-order valence-corrected chi connectivity index (χ3v) is 1.19. The molecule has 0 aromatic rings. The van der Waals surface area contributed by atoms with E-state index in [1.54, 1.807) is 19.9 Å². The van der Waals surface area contributed by atoms with Crippen molar-refractivity contribution in [1.29, 1.82) is 0 Å². The van der Waals surface area contributed by atoms with E-state index >= 15 is 0 Å². The van der Waals surface area contributed by atoms with Crippen molar-refractivity contribution in [2.45, 2.75) is 13.8 Å². The molecule has 0 aromatic carbocycles. The smallest absolute Gasteiger partial charge is 0.322 e. The van der Waals surface area contributed by atoms with Crippen molar-refractivity contribution in [2.24, 2.45) is 0 Å². The number of hydrogen-bond acceptors (Lipinski definition) is 2. The van der Waals surface area contributed by atoms with Crippen LogP contribution in [0.25, 0.3) is 0 Å². The molecule has 0 rings (SSSR count). The maximum atomic E-state index is 10.8. The van der Waals surface area contributed by atoms with Gasteiger partial charge in [-0.3, -0.25) is 9.59 Å². The summed E-state index contributed by atoms with van der Waals surface area (Å²) < 4.78 is 0. The molecule has 0 heterocycles. The summed E-state index contributed by atoms with van der Waals surface area (Å²) in [6.07, 6.45) is 1.62. The molecule has 0 radical (unpaired) electrons. The lowest BCUT2D eigenvalue weighted by atomic mass is 10.3. The van der Waals surface area contributed by atoms with Gasteiger partial charge in [0.25, 0.3) is 0 Å². The van der Waals surface area contributed by atoms with E-state index in [1.165, 1.54) is 0 Å². The third kappa shape index (κ3) is 4.13. The number of carboxylic acid groups (broad SMARTS) is 1. The second-order valence-corrected chi connectivity index (χ2v) is 2.05. The van der Waals surface area contributed by atoms with E-state index in [2.05, 4.69) is 5.32 Å². The van der Waals surface area contributed by atoms with Crippen molar-refractivity contribution in [3.8, 4) is 0 Å². The van der Waals surface area contributed by atoms with Gasteiger partial charge >= 0.3 is 5.97 Å².